The van der Waals surface area contributed by atoms with Crippen LogP contribution in [0.4, 0.5) is 13.2 Å². The van der Waals surface area contributed by atoms with Crippen molar-refractivity contribution in [1.82, 2.24) is 0 Å². The van der Waals surface area contributed by atoms with Gasteiger partial charge >= 0.3 is 6.36 Å². The maximum Gasteiger partial charge on any atom is 0.573 e. The van der Waals surface area contributed by atoms with Crippen LogP contribution in [0.5, 0.6) is 5.75 Å². The zero-order chi connectivity index (χ0) is 12.2. The average molecular weight is 297 g/mol. The number of alkyl halides is 4. The summed E-state index contributed by atoms with van der Waals surface area (Å²) < 4.78 is 39.4. The van der Waals surface area contributed by atoms with E-state index in [1.807, 2.05) is 0 Å². The summed E-state index contributed by atoms with van der Waals surface area (Å²) in [4.78, 5) is 11.1. The Morgan fingerprint density at radius 1 is 1.38 bits per heavy atom. The molecule has 0 aromatic heterocycles. The standard InChI is InChI=1S/C10H8BrF3O2/c11-6-8(15)4-7-2-1-3-9(5-7)16-10(12,13)14/h1-3,5H,4,6H2. The number of halogens is 4. The van der Waals surface area contributed by atoms with E-state index in [-0.39, 0.29) is 23.3 Å². The second-order valence-electron chi connectivity index (χ2n) is 3.04. The molecule has 0 saturated heterocycles. The Labute approximate surface area is 98.5 Å². The van der Waals surface area contributed by atoms with Crippen molar-refractivity contribution in [2.45, 2.75) is 12.8 Å². The van der Waals surface area contributed by atoms with Gasteiger partial charge in [0, 0.05) is 6.42 Å². The molecule has 1 aromatic rings. The molecule has 6 heteroatoms. The van der Waals surface area contributed by atoms with Crippen LogP contribution >= 0.6 is 15.9 Å². The second kappa shape index (κ2) is 5.34. The molecule has 0 saturated carbocycles. The van der Waals surface area contributed by atoms with E-state index in [4.69, 9.17) is 0 Å². The van der Waals surface area contributed by atoms with E-state index in [0.29, 0.717) is 5.56 Å². The number of ketones is 1. The smallest absolute Gasteiger partial charge is 0.406 e. The van der Waals surface area contributed by atoms with E-state index in [1.165, 1.54) is 18.2 Å². The van der Waals surface area contributed by atoms with Crippen LogP contribution in [0.1, 0.15) is 5.56 Å². The lowest BCUT2D eigenvalue weighted by molar-refractivity contribution is -0.274. The van der Waals surface area contributed by atoms with Crippen molar-refractivity contribution in [2.75, 3.05) is 5.33 Å². The van der Waals surface area contributed by atoms with Crippen molar-refractivity contribution in [2.24, 2.45) is 0 Å². The van der Waals surface area contributed by atoms with Crippen LogP contribution in [0.3, 0.4) is 0 Å². The fourth-order valence-electron chi connectivity index (χ4n) is 1.13. The molecule has 2 nitrogen and oxygen atoms in total. The van der Waals surface area contributed by atoms with Crippen LogP contribution < -0.4 is 4.74 Å². The number of carbonyl (C=O) groups excluding carboxylic acids is 1. The van der Waals surface area contributed by atoms with E-state index in [9.17, 15) is 18.0 Å². The van der Waals surface area contributed by atoms with Crippen molar-refractivity contribution in [3.05, 3.63) is 29.8 Å². The minimum Gasteiger partial charge on any atom is -0.406 e. The summed E-state index contributed by atoms with van der Waals surface area (Å²) >= 11 is 2.98. The summed E-state index contributed by atoms with van der Waals surface area (Å²) in [6.45, 7) is 0. The summed E-state index contributed by atoms with van der Waals surface area (Å²) in [6.07, 6.45) is -4.63. The molecule has 0 N–H and O–H groups in total. The molecule has 0 bridgehead atoms. The SMILES string of the molecule is O=C(CBr)Cc1cccc(OC(F)(F)F)c1. The van der Waals surface area contributed by atoms with Crippen molar-refractivity contribution < 1.29 is 22.7 Å². The van der Waals surface area contributed by atoms with Crippen LogP contribution in [-0.2, 0) is 11.2 Å². The molecule has 0 fully saturated rings. The Kier molecular flexibility index (Phi) is 4.35. The Hall–Kier alpha value is -1.04. The third kappa shape index (κ3) is 4.65. The van der Waals surface area contributed by atoms with Crippen molar-refractivity contribution in [3.8, 4) is 5.75 Å². The molecular formula is C10H8BrF3O2. The Morgan fingerprint density at radius 2 is 2.06 bits per heavy atom. The molecule has 0 heterocycles. The number of ether oxygens (including phenoxy) is 1. The number of rotatable bonds is 4. The van der Waals surface area contributed by atoms with Crippen molar-refractivity contribution in [3.63, 3.8) is 0 Å². The van der Waals surface area contributed by atoms with Gasteiger partial charge in [-0.05, 0) is 17.7 Å². The largest absolute Gasteiger partial charge is 0.573 e. The van der Waals surface area contributed by atoms with E-state index in [0.717, 1.165) is 0 Å². The van der Waals surface area contributed by atoms with Gasteiger partial charge < -0.3 is 4.74 Å². The quantitative estimate of drug-likeness (QED) is 0.798. The number of carbonyl (C=O) groups is 1. The number of hydrogen-bond acceptors (Lipinski definition) is 2. The third-order valence-corrected chi connectivity index (χ3v) is 2.31. The molecule has 1 aromatic carbocycles. The summed E-state index contributed by atoms with van der Waals surface area (Å²) in [5.41, 5.74) is 0.492. The molecule has 0 radical (unpaired) electrons. The van der Waals surface area contributed by atoms with Crippen LogP contribution in [0.2, 0.25) is 0 Å². The molecule has 1 rings (SSSR count). The Balaban J connectivity index is 2.75. The monoisotopic (exact) mass is 296 g/mol. The summed E-state index contributed by atoms with van der Waals surface area (Å²) in [6, 6.07) is 5.38. The topological polar surface area (TPSA) is 26.3 Å². The highest BCUT2D eigenvalue weighted by Gasteiger charge is 2.31. The minimum atomic E-state index is -4.71. The third-order valence-electron chi connectivity index (χ3n) is 1.68. The van der Waals surface area contributed by atoms with Gasteiger partial charge in [-0.25, -0.2) is 0 Å². The predicted octanol–water partition coefficient (Wildman–Crippen LogP) is 3.09. The molecule has 0 amide bonds. The molecule has 88 valence electrons. The fourth-order valence-corrected chi connectivity index (χ4v) is 1.33. The van der Waals surface area contributed by atoms with Gasteiger partial charge in [0.1, 0.15) is 11.5 Å². The average Bonchev–Trinajstić information content (AvgIpc) is 2.15. The number of Topliss-reactive ketones (excluding diaryl/α,β-unsaturated/α-hetero) is 1. The van der Waals surface area contributed by atoms with E-state index < -0.39 is 6.36 Å². The highest BCUT2D eigenvalue weighted by molar-refractivity contribution is 9.09. The lowest BCUT2D eigenvalue weighted by atomic mass is 10.1. The van der Waals surface area contributed by atoms with Gasteiger partial charge in [0.15, 0.2) is 0 Å². The van der Waals surface area contributed by atoms with Crippen molar-refractivity contribution in [1.29, 1.82) is 0 Å². The minimum absolute atomic E-state index is 0.0836. The first-order valence-corrected chi connectivity index (χ1v) is 5.45. The molecule has 0 spiro atoms. The highest BCUT2D eigenvalue weighted by atomic mass is 79.9. The molecule has 0 atom stereocenters. The fraction of sp³-hybridized carbons (Fsp3) is 0.300. The first-order valence-electron chi connectivity index (χ1n) is 4.33. The molecular weight excluding hydrogens is 289 g/mol. The summed E-state index contributed by atoms with van der Waals surface area (Å²) in [5.74, 6) is -0.420. The molecule has 0 aliphatic rings. The first kappa shape index (κ1) is 13.0. The summed E-state index contributed by atoms with van der Waals surface area (Å²) in [7, 11) is 0. The van der Waals surface area contributed by atoms with E-state index in [2.05, 4.69) is 20.7 Å². The van der Waals surface area contributed by atoms with Gasteiger partial charge in [-0.15, -0.1) is 13.2 Å². The molecule has 0 aliphatic carbocycles. The van der Waals surface area contributed by atoms with Gasteiger partial charge in [-0.2, -0.15) is 0 Å². The Bertz CT molecular complexity index is 377. The van der Waals surface area contributed by atoms with Crippen LogP contribution in [0, 0.1) is 0 Å². The van der Waals surface area contributed by atoms with Gasteiger partial charge in [0.05, 0.1) is 5.33 Å². The van der Waals surface area contributed by atoms with Crippen LogP contribution in [0.15, 0.2) is 24.3 Å². The number of benzene rings is 1. The highest BCUT2D eigenvalue weighted by Crippen LogP contribution is 2.23. The Morgan fingerprint density at radius 3 is 2.62 bits per heavy atom. The predicted molar refractivity (Wildman–Crippen MR) is 55.6 cm³/mol. The maximum absolute atomic E-state index is 11.9. The van der Waals surface area contributed by atoms with E-state index in [1.54, 1.807) is 6.07 Å². The van der Waals surface area contributed by atoms with E-state index >= 15 is 0 Å². The van der Waals surface area contributed by atoms with Crippen LogP contribution in [-0.4, -0.2) is 17.5 Å². The second-order valence-corrected chi connectivity index (χ2v) is 3.61. The van der Waals surface area contributed by atoms with Crippen molar-refractivity contribution >= 4 is 21.7 Å². The molecule has 16 heavy (non-hydrogen) atoms. The van der Waals surface area contributed by atoms with Gasteiger partial charge in [-0.3, -0.25) is 4.79 Å². The zero-order valence-electron chi connectivity index (χ0n) is 8.05. The lowest BCUT2D eigenvalue weighted by Gasteiger charge is -2.09. The zero-order valence-corrected chi connectivity index (χ0v) is 9.64. The normalized spacial score (nSPS) is 11.2. The maximum atomic E-state index is 11.9. The van der Waals surface area contributed by atoms with Gasteiger partial charge in [0.25, 0.3) is 0 Å². The lowest BCUT2D eigenvalue weighted by Crippen LogP contribution is -2.17. The molecule has 0 aliphatic heterocycles. The van der Waals surface area contributed by atoms with Crippen LogP contribution in [0.25, 0.3) is 0 Å². The van der Waals surface area contributed by atoms with Gasteiger partial charge in [0.2, 0.25) is 0 Å². The first-order chi connectivity index (χ1) is 7.40. The number of hydrogen-bond donors (Lipinski definition) is 0. The molecule has 0 unspecified atom stereocenters. The summed E-state index contributed by atoms with van der Waals surface area (Å²) in [5, 5.41) is 0.178. The van der Waals surface area contributed by atoms with Gasteiger partial charge in [-0.1, -0.05) is 28.1 Å².